The number of carbonyl (C=O) groups excluding carboxylic acids is 1. The fourth-order valence-electron chi connectivity index (χ4n) is 0.510. The van der Waals surface area contributed by atoms with Crippen molar-refractivity contribution in [3.8, 4) is 0 Å². The number of rotatable bonds is 4. The van der Waals surface area contributed by atoms with Crippen LogP contribution in [0.25, 0.3) is 0 Å². The molecule has 0 heterocycles. The molecule has 1 amide bonds. The minimum atomic E-state index is 0.00633. The molecular weight excluding hydrogens is 162 g/mol. The Morgan fingerprint density at radius 1 is 1.55 bits per heavy atom. The Morgan fingerprint density at radius 2 is 2.09 bits per heavy atom. The Bertz CT molecular complexity index is 134. The molecule has 0 aromatic carbocycles. The predicted molar refractivity (Wildman–Crippen MR) is 47.8 cm³/mol. The van der Waals surface area contributed by atoms with Crippen LogP contribution in [-0.4, -0.2) is 18.3 Å². The van der Waals surface area contributed by atoms with Gasteiger partial charge in [-0.1, -0.05) is 20.8 Å². The highest BCUT2D eigenvalue weighted by atomic mass is 35.5. The Kier molecular flexibility index (Phi) is 4.50. The van der Waals surface area contributed by atoms with Crippen LogP contribution in [0.4, 0.5) is 0 Å². The molecule has 0 fully saturated rings. The zero-order chi connectivity index (χ0) is 8.91. The second kappa shape index (κ2) is 4.60. The molecule has 1 N–H and O–H groups in total. The van der Waals surface area contributed by atoms with E-state index in [0.717, 1.165) is 0 Å². The van der Waals surface area contributed by atoms with Crippen molar-refractivity contribution in [2.45, 2.75) is 27.2 Å². The third-order valence-electron chi connectivity index (χ3n) is 1.45. The van der Waals surface area contributed by atoms with E-state index in [0.29, 0.717) is 18.8 Å². The highest BCUT2D eigenvalue weighted by Crippen LogP contribution is 2.14. The average molecular weight is 178 g/mol. The van der Waals surface area contributed by atoms with E-state index < -0.39 is 0 Å². The minimum absolute atomic E-state index is 0.00633. The van der Waals surface area contributed by atoms with Crippen LogP contribution in [0.5, 0.6) is 0 Å². The monoisotopic (exact) mass is 177 g/mol. The van der Waals surface area contributed by atoms with Gasteiger partial charge in [0, 0.05) is 18.8 Å². The fourth-order valence-corrected chi connectivity index (χ4v) is 0.605. The number of hydrogen-bond donors (Lipinski definition) is 1. The minimum Gasteiger partial charge on any atom is -0.356 e. The average Bonchev–Trinajstić information content (AvgIpc) is 2.00. The third kappa shape index (κ3) is 5.08. The van der Waals surface area contributed by atoms with E-state index in [2.05, 4.69) is 5.32 Å². The molecular formula is C8H16ClNO. The van der Waals surface area contributed by atoms with Crippen LogP contribution >= 0.6 is 11.6 Å². The van der Waals surface area contributed by atoms with Crippen molar-refractivity contribution in [3.05, 3.63) is 0 Å². The van der Waals surface area contributed by atoms with Crippen LogP contribution in [-0.2, 0) is 4.79 Å². The fraction of sp³-hybridized carbons (Fsp3) is 0.875. The SMILES string of the molecule is CCC(=O)NCC(C)(C)CCl. The van der Waals surface area contributed by atoms with E-state index in [4.69, 9.17) is 11.6 Å². The van der Waals surface area contributed by atoms with Crippen LogP contribution in [0.2, 0.25) is 0 Å². The van der Waals surface area contributed by atoms with Gasteiger partial charge in [0.2, 0.25) is 5.91 Å². The van der Waals surface area contributed by atoms with Crippen molar-refractivity contribution in [1.82, 2.24) is 5.32 Å². The van der Waals surface area contributed by atoms with Gasteiger partial charge >= 0.3 is 0 Å². The molecule has 0 aliphatic carbocycles. The molecule has 0 aromatic rings. The largest absolute Gasteiger partial charge is 0.356 e. The molecule has 0 aliphatic rings. The summed E-state index contributed by atoms with van der Waals surface area (Å²) < 4.78 is 0. The number of hydrogen-bond acceptors (Lipinski definition) is 1. The zero-order valence-corrected chi connectivity index (χ0v) is 8.16. The van der Waals surface area contributed by atoms with E-state index in [1.807, 2.05) is 20.8 Å². The molecule has 0 aromatic heterocycles. The highest BCUT2D eigenvalue weighted by molar-refractivity contribution is 6.18. The van der Waals surface area contributed by atoms with Crippen molar-refractivity contribution < 1.29 is 4.79 Å². The first-order valence-corrected chi connectivity index (χ1v) is 4.38. The summed E-state index contributed by atoms with van der Waals surface area (Å²) in [4.78, 5) is 10.8. The van der Waals surface area contributed by atoms with E-state index in [-0.39, 0.29) is 11.3 Å². The summed E-state index contributed by atoms with van der Waals surface area (Å²) in [7, 11) is 0. The highest BCUT2D eigenvalue weighted by Gasteiger charge is 2.16. The normalized spacial score (nSPS) is 11.3. The molecule has 0 saturated carbocycles. The Morgan fingerprint density at radius 3 is 2.45 bits per heavy atom. The van der Waals surface area contributed by atoms with Crippen molar-refractivity contribution in [1.29, 1.82) is 0 Å². The smallest absolute Gasteiger partial charge is 0.219 e. The maximum Gasteiger partial charge on any atom is 0.219 e. The molecule has 11 heavy (non-hydrogen) atoms. The van der Waals surface area contributed by atoms with Gasteiger partial charge in [-0.3, -0.25) is 4.79 Å². The zero-order valence-electron chi connectivity index (χ0n) is 7.41. The number of alkyl halides is 1. The lowest BCUT2D eigenvalue weighted by Gasteiger charge is -2.21. The third-order valence-corrected chi connectivity index (χ3v) is 2.17. The molecule has 66 valence electrons. The molecule has 3 heteroatoms. The molecule has 2 nitrogen and oxygen atoms in total. The van der Waals surface area contributed by atoms with Gasteiger partial charge in [-0.15, -0.1) is 11.6 Å². The van der Waals surface area contributed by atoms with Gasteiger partial charge in [0.15, 0.2) is 0 Å². The van der Waals surface area contributed by atoms with E-state index in [1.54, 1.807) is 0 Å². The van der Waals surface area contributed by atoms with Gasteiger partial charge in [0.25, 0.3) is 0 Å². The van der Waals surface area contributed by atoms with Crippen LogP contribution in [0.15, 0.2) is 0 Å². The maximum absolute atomic E-state index is 10.8. The van der Waals surface area contributed by atoms with Crippen molar-refractivity contribution in [2.24, 2.45) is 5.41 Å². The van der Waals surface area contributed by atoms with Gasteiger partial charge in [0.1, 0.15) is 0 Å². The van der Waals surface area contributed by atoms with Crippen LogP contribution in [0.1, 0.15) is 27.2 Å². The number of halogens is 1. The Labute approximate surface area is 73.3 Å². The molecule has 0 unspecified atom stereocenters. The lowest BCUT2D eigenvalue weighted by atomic mass is 9.96. The van der Waals surface area contributed by atoms with Crippen LogP contribution in [0, 0.1) is 5.41 Å². The van der Waals surface area contributed by atoms with E-state index >= 15 is 0 Å². The van der Waals surface area contributed by atoms with Crippen LogP contribution < -0.4 is 5.32 Å². The molecule has 0 spiro atoms. The Hall–Kier alpha value is -0.240. The van der Waals surface area contributed by atoms with Gasteiger partial charge in [-0.25, -0.2) is 0 Å². The molecule has 0 saturated heterocycles. The van der Waals surface area contributed by atoms with Crippen molar-refractivity contribution >= 4 is 17.5 Å². The summed E-state index contributed by atoms with van der Waals surface area (Å²) in [5, 5.41) is 2.80. The first kappa shape index (κ1) is 10.8. The lowest BCUT2D eigenvalue weighted by Crippen LogP contribution is -2.34. The molecule has 0 radical (unpaired) electrons. The van der Waals surface area contributed by atoms with Gasteiger partial charge in [0.05, 0.1) is 0 Å². The topological polar surface area (TPSA) is 29.1 Å². The standard InChI is InChI=1S/C8H16ClNO/c1-4-7(11)10-6-8(2,3)5-9/h4-6H2,1-3H3,(H,10,11). The molecule has 0 bridgehead atoms. The van der Waals surface area contributed by atoms with Crippen molar-refractivity contribution in [2.75, 3.05) is 12.4 Å². The molecule has 0 atom stereocenters. The quantitative estimate of drug-likeness (QED) is 0.652. The Balaban J connectivity index is 3.61. The summed E-state index contributed by atoms with van der Waals surface area (Å²) in [6, 6.07) is 0. The molecule has 0 rings (SSSR count). The molecule has 0 aliphatic heterocycles. The first-order chi connectivity index (χ1) is 5.02. The summed E-state index contributed by atoms with van der Waals surface area (Å²) in [5.74, 6) is 0.653. The lowest BCUT2D eigenvalue weighted by molar-refractivity contribution is -0.121. The van der Waals surface area contributed by atoms with Crippen LogP contribution in [0.3, 0.4) is 0 Å². The maximum atomic E-state index is 10.8. The second-order valence-electron chi connectivity index (χ2n) is 3.43. The summed E-state index contributed by atoms with van der Waals surface area (Å²) >= 11 is 5.67. The summed E-state index contributed by atoms with van der Waals surface area (Å²) in [5.41, 5.74) is 0.00633. The van der Waals surface area contributed by atoms with E-state index in [1.165, 1.54) is 0 Å². The number of carbonyl (C=O) groups is 1. The van der Waals surface area contributed by atoms with Gasteiger partial charge in [-0.05, 0) is 5.41 Å². The first-order valence-electron chi connectivity index (χ1n) is 3.84. The van der Waals surface area contributed by atoms with E-state index in [9.17, 15) is 4.79 Å². The number of nitrogens with one attached hydrogen (secondary N) is 1. The summed E-state index contributed by atoms with van der Waals surface area (Å²) in [6.45, 7) is 6.54. The second-order valence-corrected chi connectivity index (χ2v) is 3.70. The summed E-state index contributed by atoms with van der Waals surface area (Å²) in [6.07, 6.45) is 0.540. The van der Waals surface area contributed by atoms with Gasteiger partial charge in [-0.2, -0.15) is 0 Å². The van der Waals surface area contributed by atoms with Gasteiger partial charge < -0.3 is 5.32 Å². The number of amides is 1. The van der Waals surface area contributed by atoms with Crippen molar-refractivity contribution in [3.63, 3.8) is 0 Å². The predicted octanol–water partition coefficient (Wildman–Crippen LogP) is 1.78.